The normalized spacial score (nSPS) is 14.8. The van der Waals surface area contributed by atoms with E-state index in [4.69, 9.17) is 5.73 Å². The second-order valence-electron chi connectivity index (χ2n) is 4.69. The Labute approximate surface area is 116 Å². The first-order valence-electron chi connectivity index (χ1n) is 6.61. The standard InChI is InChI=1S/C17H24N2/c1-5-6-10-14(2)13-17(15(3)18)19(4)16-11-8-7-9-12-16/h5-13,15H,18H2,1-4H3/b6-5-,14-10+,17-13-/t15-/m0/s1. The first-order valence-corrected chi connectivity index (χ1v) is 6.61. The maximum Gasteiger partial charge on any atom is 0.0421 e. The Bertz CT molecular complexity index is 467. The van der Waals surface area contributed by atoms with E-state index in [1.54, 1.807) is 0 Å². The van der Waals surface area contributed by atoms with E-state index >= 15 is 0 Å². The van der Waals surface area contributed by atoms with Gasteiger partial charge in [-0.15, -0.1) is 0 Å². The third-order valence-electron chi connectivity index (χ3n) is 2.92. The lowest BCUT2D eigenvalue weighted by molar-refractivity contribution is 0.814. The minimum absolute atomic E-state index is 0.0147. The summed E-state index contributed by atoms with van der Waals surface area (Å²) in [5, 5.41) is 0. The zero-order valence-electron chi connectivity index (χ0n) is 12.3. The van der Waals surface area contributed by atoms with Gasteiger partial charge < -0.3 is 10.6 Å². The van der Waals surface area contributed by atoms with Crippen molar-refractivity contribution in [3.05, 3.63) is 65.9 Å². The van der Waals surface area contributed by atoms with Crippen molar-refractivity contribution >= 4 is 5.69 Å². The SMILES string of the molecule is C\C=C/C=C(C)/C=C(/[C@H](C)N)N(C)c1ccccc1. The fraction of sp³-hybridized carbons (Fsp3) is 0.294. The van der Waals surface area contributed by atoms with Gasteiger partial charge >= 0.3 is 0 Å². The van der Waals surface area contributed by atoms with Crippen LogP contribution in [0.1, 0.15) is 20.8 Å². The molecule has 0 aliphatic heterocycles. The molecule has 0 aliphatic carbocycles. The second-order valence-corrected chi connectivity index (χ2v) is 4.69. The van der Waals surface area contributed by atoms with Gasteiger partial charge in [0.2, 0.25) is 0 Å². The van der Waals surface area contributed by atoms with E-state index in [1.165, 1.54) is 5.57 Å². The van der Waals surface area contributed by atoms with Gasteiger partial charge in [-0.3, -0.25) is 0 Å². The number of allylic oxidation sites excluding steroid dienone is 5. The zero-order valence-corrected chi connectivity index (χ0v) is 12.3. The summed E-state index contributed by atoms with van der Waals surface area (Å²) in [6.45, 7) is 6.10. The van der Waals surface area contributed by atoms with Gasteiger partial charge in [0, 0.05) is 24.5 Å². The van der Waals surface area contributed by atoms with Crippen LogP contribution in [0, 0.1) is 0 Å². The topological polar surface area (TPSA) is 29.3 Å². The van der Waals surface area contributed by atoms with Crippen LogP contribution in [0.2, 0.25) is 0 Å². The van der Waals surface area contributed by atoms with Crippen molar-refractivity contribution in [3.63, 3.8) is 0 Å². The number of anilines is 1. The number of likely N-dealkylation sites (N-methyl/N-ethyl adjacent to an activating group) is 1. The van der Waals surface area contributed by atoms with E-state index in [9.17, 15) is 0 Å². The molecule has 0 aromatic heterocycles. The Morgan fingerprint density at radius 2 is 1.89 bits per heavy atom. The lowest BCUT2D eigenvalue weighted by atomic mass is 10.1. The molecule has 0 saturated heterocycles. The van der Waals surface area contributed by atoms with Crippen LogP contribution >= 0.6 is 0 Å². The van der Waals surface area contributed by atoms with Gasteiger partial charge in [-0.25, -0.2) is 0 Å². The molecule has 102 valence electrons. The zero-order chi connectivity index (χ0) is 14.3. The molecule has 0 radical (unpaired) electrons. The fourth-order valence-corrected chi connectivity index (χ4v) is 1.86. The predicted molar refractivity (Wildman–Crippen MR) is 85.1 cm³/mol. The lowest BCUT2D eigenvalue weighted by Gasteiger charge is -2.25. The van der Waals surface area contributed by atoms with Crippen LogP contribution in [0.4, 0.5) is 5.69 Å². The summed E-state index contributed by atoms with van der Waals surface area (Å²) in [6.07, 6.45) is 8.27. The molecule has 1 rings (SSSR count). The maximum absolute atomic E-state index is 6.10. The minimum Gasteiger partial charge on any atom is -0.347 e. The summed E-state index contributed by atoms with van der Waals surface area (Å²) in [5.41, 5.74) is 9.53. The Hall–Kier alpha value is -1.80. The largest absolute Gasteiger partial charge is 0.347 e. The molecule has 0 bridgehead atoms. The fourth-order valence-electron chi connectivity index (χ4n) is 1.86. The average molecular weight is 256 g/mol. The highest BCUT2D eigenvalue weighted by molar-refractivity contribution is 5.53. The van der Waals surface area contributed by atoms with Crippen molar-refractivity contribution < 1.29 is 0 Å². The molecule has 2 nitrogen and oxygen atoms in total. The van der Waals surface area contributed by atoms with Gasteiger partial charge in [-0.1, -0.05) is 36.4 Å². The van der Waals surface area contributed by atoms with Crippen LogP contribution in [-0.2, 0) is 0 Å². The van der Waals surface area contributed by atoms with Gasteiger partial charge in [0.05, 0.1) is 0 Å². The number of nitrogens with two attached hydrogens (primary N) is 1. The van der Waals surface area contributed by atoms with E-state index in [1.807, 2.05) is 51.2 Å². The average Bonchev–Trinajstić information content (AvgIpc) is 2.42. The summed E-state index contributed by atoms with van der Waals surface area (Å²) >= 11 is 0. The van der Waals surface area contributed by atoms with E-state index in [0.717, 1.165) is 11.4 Å². The molecular formula is C17H24N2. The molecule has 0 amide bonds. The van der Waals surface area contributed by atoms with Crippen molar-refractivity contribution in [3.8, 4) is 0 Å². The Morgan fingerprint density at radius 1 is 1.26 bits per heavy atom. The maximum atomic E-state index is 6.10. The van der Waals surface area contributed by atoms with E-state index in [2.05, 4.69) is 36.1 Å². The Morgan fingerprint density at radius 3 is 2.42 bits per heavy atom. The number of hydrogen-bond donors (Lipinski definition) is 1. The molecule has 0 spiro atoms. The monoisotopic (exact) mass is 256 g/mol. The van der Waals surface area contributed by atoms with Crippen molar-refractivity contribution in [2.45, 2.75) is 26.8 Å². The smallest absolute Gasteiger partial charge is 0.0421 e. The van der Waals surface area contributed by atoms with E-state index in [-0.39, 0.29) is 6.04 Å². The van der Waals surface area contributed by atoms with Crippen LogP contribution < -0.4 is 10.6 Å². The van der Waals surface area contributed by atoms with Gasteiger partial charge in [0.1, 0.15) is 0 Å². The first kappa shape index (κ1) is 15.3. The quantitative estimate of drug-likeness (QED) is 0.810. The molecule has 0 heterocycles. The van der Waals surface area contributed by atoms with E-state index < -0.39 is 0 Å². The van der Waals surface area contributed by atoms with Crippen LogP contribution in [0.3, 0.4) is 0 Å². The highest BCUT2D eigenvalue weighted by Crippen LogP contribution is 2.19. The van der Waals surface area contributed by atoms with Crippen LogP contribution in [0.25, 0.3) is 0 Å². The molecule has 0 fully saturated rings. The number of rotatable bonds is 5. The molecule has 2 N–H and O–H groups in total. The molecule has 0 unspecified atom stereocenters. The van der Waals surface area contributed by atoms with Crippen molar-refractivity contribution in [1.82, 2.24) is 0 Å². The molecular weight excluding hydrogens is 232 g/mol. The summed E-state index contributed by atoms with van der Waals surface area (Å²) in [4.78, 5) is 2.14. The number of nitrogens with zero attached hydrogens (tertiary/aromatic N) is 1. The molecule has 19 heavy (non-hydrogen) atoms. The van der Waals surface area contributed by atoms with Crippen LogP contribution in [0.15, 0.2) is 65.9 Å². The van der Waals surface area contributed by atoms with E-state index in [0.29, 0.717) is 0 Å². The predicted octanol–water partition coefficient (Wildman–Crippen LogP) is 3.88. The molecule has 0 aliphatic rings. The number of para-hydroxylation sites is 1. The highest BCUT2D eigenvalue weighted by Gasteiger charge is 2.10. The number of hydrogen-bond acceptors (Lipinski definition) is 2. The van der Waals surface area contributed by atoms with Crippen LogP contribution in [0.5, 0.6) is 0 Å². The second kappa shape index (κ2) is 7.59. The summed E-state index contributed by atoms with van der Waals surface area (Å²) in [5.74, 6) is 0. The van der Waals surface area contributed by atoms with Crippen LogP contribution in [-0.4, -0.2) is 13.1 Å². The first-order chi connectivity index (χ1) is 9.06. The van der Waals surface area contributed by atoms with Gasteiger partial charge in [-0.05, 0) is 44.6 Å². The minimum atomic E-state index is -0.0147. The Kier molecular flexibility index (Phi) is 6.10. The summed E-state index contributed by atoms with van der Waals surface area (Å²) in [6, 6.07) is 10.2. The summed E-state index contributed by atoms with van der Waals surface area (Å²) < 4.78 is 0. The molecule has 2 heteroatoms. The highest BCUT2D eigenvalue weighted by atomic mass is 15.1. The molecule has 0 saturated carbocycles. The lowest BCUT2D eigenvalue weighted by Crippen LogP contribution is -2.30. The van der Waals surface area contributed by atoms with Crippen molar-refractivity contribution in [2.24, 2.45) is 5.73 Å². The molecule has 1 aromatic carbocycles. The van der Waals surface area contributed by atoms with Gasteiger partial charge in [0.25, 0.3) is 0 Å². The molecule has 1 aromatic rings. The van der Waals surface area contributed by atoms with Crippen molar-refractivity contribution in [2.75, 3.05) is 11.9 Å². The van der Waals surface area contributed by atoms with Gasteiger partial charge in [0.15, 0.2) is 0 Å². The third-order valence-corrected chi connectivity index (χ3v) is 2.92. The third kappa shape index (κ3) is 4.76. The molecule has 1 atom stereocenters. The summed E-state index contributed by atoms with van der Waals surface area (Å²) in [7, 11) is 2.05. The Balaban J connectivity index is 3.05. The van der Waals surface area contributed by atoms with Gasteiger partial charge in [-0.2, -0.15) is 0 Å². The van der Waals surface area contributed by atoms with Crippen molar-refractivity contribution in [1.29, 1.82) is 0 Å². The number of benzene rings is 1.